The van der Waals surface area contributed by atoms with Gasteiger partial charge in [-0.3, -0.25) is 4.34 Å². The number of aliphatic hydroxyl groups is 1. The van der Waals surface area contributed by atoms with Crippen molar-refractivity contribution in [1.29, 1.82) is 0 Å². The fourth-order valence-corrected chi connectivity index (χ4v) is 6.35. The summed E-state index contributed by atoms with van der Waals surface area (Å²) in [6.45, 7) is 8.85. The Bertz CT molecular complexity index is 899. The number of aryl methyl sites for hydroxylation is 1. The van der Waals surface area contributed by atoms with Crippen LogP contribution in [0.1, 0.15) is 38.7 Å². The van der Waals surface area contributed by atoms with Gasteiger partial charge in [0.1, 0.15) is 6.33 Å². The zero-order chi connectivity index (χ0) is 19.9. The van der Waals surface area contributed by atoms with Crippen molar-refractivity contribution < 1.29 is 5.11 Å². The van der Waals surface area contributed by atoms with Crippen molar-refractivity contribution in [3.63, 3.8) is 0 Å². The van der Waals surface area contributed by atoms with E-state index >= 15 is 0 Å². The number of hydrogen-bond donors (Lipinski definition) is 1. The number of hydrogen-bond acceptors (Lipinski definition) is 4. The first-order valence-electron chi connectivity index (χ1n) is 9.51. The molecule has 0 bridgehead atoms. The molecule has 1 N–H and O–H groups in total. The van der Waals surface area contributed by atoms with E-state index in [4.69, 9.17) is 24.0 Å². The quantitative estimate of drug-likeness (QED) is 0.539. The summed E-state index contributed by atoms with van der Waals surface area (Å²) in [6, 6.07) is 10.5. The molecule has 2 unspecified atom stereocenters. The van der Waals surface area contributed by atoms with Gasteiger partial charge in [0.2, 0.25) is 4.77 Å². The molecule has 148 valence electrons. The van der Waals surface area contributed by atoms with Crippen LogP contribution in [0.2, 0.25) is 0 Å². The molecular weight excluding hydrogens is 393 g/mol. The molecule has 1 aromatic carbocycles. The molecule has 1 fully saturated rings. The van der Waals surface area contributed by atoms with Gasteiger partial charge in [-0.1, -0.05) is 56.0 Å². The Balaban J connectivity index is 1.84. The van der Waals surface area contributed by atoms with E-state index in [0.29, 0.717) is 11.3 Å². The maximum Gasteiger partial charge on any atom is 0.201 e. The van der Waals surface area contributed by atoms with Crippen LogP contribution in [-0.2, 0) is 24.8 Å². The van der Waals surface area contributed by atoms with Gasteiger partial charge >= 0.3 is 0 Å². The highest BCUT2D eigenvalue weighted by molar-refractivity contribution is 8.13. The van der Waals surface area contributed by atoms with E-state index in [1.54, 1.807) is 11.0 Å². The normalized spacial score (nSPS) is 25.0. The number of rotatable bonds is 6. The smallest absolute Gasteiger partial charge is 0.201 e. The summed E-state index contributed by atoms with van der Waals surface area (Å²) in [5.74, 6) is 0.228. The molecule has 27 heavy (non-hydrogen) atoms. The van der Waals surface area contributed by atoms with E-state index in [2.05, 4.69) is 43.2 Å². The largest absolute Gasteiger partial charge is 0.387 e. The van der Waals surface area contributed by atoms with Crippen LogP contribution >= 0.6 is 18.4 Å². The van der Waals surface area contributed by atoms with E-state index in [9.17, 15) is 5.11 Å². The van der Waals surface area contributed by atoms with Crippen LogP contribution in [0.3, 0.4) is 0 Å². The highest BCUT2D eigenvalue weighted by Crippen LogP contribution is 2.52. The Morgan fingerprint density at radius 2 is 1.93 bits per heavy atom. The molecule has 2 aromatic rings. The third kappa shape index (κ3) is 4.14. The molecule has 3 rings (SSSR count). The molecular formula is C20H30N3OPS2. The molecule has 1 saturated carbocycles. The average Bonchev–Trinajstić information content (AvgIpc) is 3.05. The van der Waals surface area contributed by atoms with Crippen LogP contribution in [0.4, 0.5) is 0 Å². The van der Waals surface area contributed by atoms with Gasteiger partial charge in [-0.25, -0.2) is 4.68 Å². The van der Waals surface area contributed by atoms with Crippen molar-refractivity contribution in [2.75, 3.05) is 13.3 Å². The monoisotopic (exact) mass is 423 g/mol. The maximum absolute atomic E-state index is 11.8. The van der Waals surface area contributed by atoms with Crippen molar-refractivity contribution in [2.24, 2.45) is 11.3 Å². The lowest BCUT2D eigenvalue weighted by Crippen LogP contribution is -2.49. The van der Waals surface area contributed by atoms with Gasteiger partial charge in [0.25, 0.3) is 0 Å². The molecule has 0 amide bonds. The second-order valence-corrected chi connectivity index (χ2v) is 14.8. The van der Waals surface area contributed by atoms with Crippen LogP contribution in [0.25, 0.3) is 0 Å². The van der Waals surface area contributed by atoms with E-state index in [0.717, 1.165) is 25.7 Å². The van der Waals surface area contributed by atoms with Gasteiger partial charge in [-0.15, -0.1) is 0 Å². The van der Waals surface area contributed by atoms with Crippen LogP contribution in [0, 0.1) is 16.1 Å². The van der Waals surface area contributed by atoms with E-state index in [-0.39, 0.29) is 11.3 Å². The third-order valence-electron chi connectivity index (χ3n) is 6.22. The first-order chi connectivity index (χ1) is 12.5. The van der Waals surface area contributed by atoms with Crippen LogP contribution in [0.5, 0.6) is 0 Å². The van der Waals surface area contributed by atoms with Gasteiger partial charge in [0.15, 0.2) is 0 Å². The minimum Gasteiger partial charge on any atom is -0.387 e. The molecule has 1 aliphatic carbocycles. The van der Waals surface area contributed by atoms with Gasteiger partial charge in [0, 0.05) is 6.19 Å². The molecule has 2 atom stereocenters. The van der Waals surface area contributed by atoms with E-state index in [1.807, 2.05) is 23.7 Å². The van der Waals surface area contributed by atoms with Crippen molar-refractivity contribution in [3.8, 4) is 0 Å². The molecule has 0 saturated heterocycles. The summed E-state index contributed by atoms with van der Waals surface area (Å²) in [7, 11) is 0. The Morgan fingerprint density at radius 1 is 1.26 bits per heavy atom. The second-order valence-electron chi connectivity index (χ2n) is 8.78. The van der Waals surface area contributed by atoms with E-state index < -0.39 is 11.8 Å². The molecule has 0 spiro atoms. The lowest BCUT2D eigenvalue weighted by Gasteiger charge is -2.40. The lowest BCUT2D eigenvalue weighted by molar-refractivity contribution is -0.0928. The summed E-state index contributed by atoms with van der Waals surface area (Å²) >= 11 is 11.2. The summed E-state index contributed by atoms with van der Waals surface area (Å²) < 4.78 is 4.34. The summed E-state index contributed by atoms with van der Waals surface area (Å²) in [6.07, 6.45) is 4.01. The predicted molar refractivity (Wildman–Crippen MR) is 119 cm³/mol. The Hall–Kier alpha value is -0.810. The van der Waals surface area contributed by atoms with Crippen LogP contribution in [-0.4, -0.2) is 38.2 Å². The Kier molecular flexibility index (Phi) is 5.85. The van der Waals surface area contributed by atoms with Gasteiger partial charge in [-0.2, -0.15) is 5.10 Å². The van der Waals surface area contributed by atoms with Crippen LogP contribution < -0.4 is 0 Å². The molecule has 1 heterocycles. The summed E-state index contributed by atoms with van der Waals surface area (Å²) in [5.41, 5.74) is 0.317. The van der Waals surface area contributed by atoms with Crippen molar-refractivity contribution >= 4 is 30.2 Å². The Labute approximate surface area is 172 Å². The summed E-state index contributed by atoms with van der Waals surface area (Å²) in [4.78, 5) is 0. The second kappa shape index (κ2) is 7.55. The molecule has 1 aliphatic rings. The first-order valence-corrected chi connectivity index (χ1v) is 13.6. The van der Waals surface area contributed by atoms with Crippen molar-refractivity contribution in [2.45, 2.75) is 51.7 Å². The molecule has 0 aliphatic heterocycles. The fourth-order valence-electron chi connectivity index (χ4n) is 4.25. The minimum absolute atomic E-state index is 0.175. The lowest BCUT2D eigenvalue weighted by atomic mass is 9.72. The Morgan fingerprint density at radius 3 is 2.52 bits per heavy atom. The number of nitrogens with zero attached hydrogens (tertiary/aromatic N) is 3. The van der Waals surface area contributed by atoms with Gasteiger partial charge in [0.05, 0.1) is 12.1 Å². The van der Waals surface area contributed by atoms with E-state index in [1.165, 1.54) is 5.56 Å². The zero-order valence-corrected chi connectivity index (χ0v) is 19.2. The topological polar surface area (TPSA) is 43.0 Å². The van der Waals surface area contributed by atoms with Crippen LogP contribution in [0.15, 0.2) is 36.7 Å². The standard InChI is InChI=1S/C20H30N3OPS2/c1-19(2)13-12-17(11-10-16-8-6-5-7-9-16)20(19,24)14-22-18(26)23(15-21-22)25(3,4)27/h5-9,15,17,24H,10-14H2,1-4H3. The van der Waals surface area contributed by atoms with Crippen molar-refractivity contribution in [3.05, 3.63) is 47.0 Å². The molecule has 4 nitrogen and oxygen atoms in total. The van der Waals surface area contributed by atoms with Gasteiger partial charge in [-0.05, 0) is 68.1 Å². The molecule has 0 radical (unpaired) electrons. The maximum atomic E-state index is 11.8. The number of aromatic nitrogens is 3. The third-order valence-corrected chi connectivity index (χ3v) is 8.62. The van der Waals surface area contributed by atoms with Gasteiger partial charge < -0.3 is 5.11 Å². The van der Waals surface area contributed by atoms with Crippen molar-refractivity contribution in [1.82, 2.24) is 14.1 Å². The minimum atomic E-state index is -1.72. The first kappa shape index (κ1) is 20.9. The number of benzene rings is 1. The molecule has 1 aromatic heterocycles. The predicted octanol–water partition coefficient (Wildman–Crippen LogP) is 4.72. The SMILES string of the molecule is CC1(C)CCC(CCc2ccccc2)C1(O)Cn1ncn(P(C)(C)=S)c1=S. The molecule has 7 heteroatoms. The highest BCUT2D eigenvalue weighted by atomic mass is 32.4. The fraction of sp³-hybridized carbons (Fsp3) is 0.600. The summed E-state index contributed by atoms with van der Waals surface area (Å²) in [5, 5.41) is 16.3. The average molecular weight is 424 g/mol. The zero-order valence-electron chi connectivity index (χ0n) is 16.6. The highest BCUT2D eigenvalue weighted by Gasteiger charge is 2.54.